The van der Waals surface area contributed by atoms with Crippen LogP contribution in [-0.2, 0) is 4.79 Å². The van der Waals surface area contributed by atoms with E-state index in [-0.39, 0.29) is 11.9 Å². The van der Waals surface area contributed by atoms with Gasteiger partial charge in [-0.3, -0.25) is 9.69 Å². The lowest BCUT2D eigenvalue weighted by atomic mass is 9.98. The van der Waals surface area contributed by atoms with Gasteiger partial charge in [-0.1, -0.05) is 6.42 Å². The normalized spacial score (nSPS) is 22.2. The molecule has 0 aromatic heterocycles. The van der Waals surface area contributed by atoms with E-state index in [1.165, 1.54) is 19.3 Å². The molecule has 1 heterocycles. The van der Waals surface area contributed by atoms with Crippen molar-refractivity contribution in [2.75, 3.05) is 20.1 Å². The van der Waals surface area contributed by atoms with Crippen LogP contribution in [-0.4, -0.2) is 49.1 Å². The first-order valence-electron chi connectivity index (χ1n) is 7.22. The summed E-state index contributed by atoms with van der Waals surface area (Å²) >= 11 is 0. The molecule has 4 heteroatoms. The van der Waals surface area contributed by atoms with Crippen LogP contribution in [0.2, 0.25) is 0 Å². The van der Waals surface area contributed by atoms with Crippen LogP contribution in [0.1, 0.15) is 46.5 Å². The van der Waals surface area contributed by atoms with E-state index in [0.29, 0.717) is 18.6 Å². The molecule has 1 amide bonds. The maximum atomic E-state index is 11.7. The Morgan fingerprint density at radius 2 is 2.11 bits per heavy atom. The number of piperidine rings is 1. The van der Waals surface area contributed by atoms with Crippen molar-refractivity contribution in [3.8, 4) is 0 Å². The Labute approximate surface area is 111 Å². The molecule has 1 fully saturated rings. The van der Waals surface area contributed by atoms with Crippen LogP contribution in [0.3, 0.4) is 0 Å². The minimum Gasteiger partial charge on any atom is -0.353 e. The number of hydrogen-bond acceptors (Lipinski definition) is 3. The lowest BCUT2D eigenvalue weighted by Crippen LogP contribution is -2.44. The average Bonchev–Trinajstić information content (AvgIpc) is 2.28. The Morgan fingerprint density at radius 1 is 1.39 bits per heavy atom. The van der Waals surface area contributed by atoms with Crippen LogP contribution in [0.4, 0.5) is 0 Å². The first-order chi connectivity index (χ1) is 8.49. The van der Waals surface area contributed by atoms with Crippen LogP contribution < -0.4 is 10.6 Å². The topological polar surface area (TPSA) is 44.4 Å². The highest BCUT2D eigenvalue weighted by Crippen LogP contribution is 2.14. The number of likely N-dealkylation sites (N-methyl/N-ethyl adjacent to an activating group) is 1. The van der Waals surface area contributed by atoms with Crippen LogP contribution in [0.15, 0.2) is 0 Å². The van der Waals surface area contributed by atoms with Gasteiger partial charge in [0.15, 0.2) is 0 Å². The van der Waals surface area contributed by atoms with Crippen molar-refractivity contribution in [3.05, 3.63) is 0 Å². The lowest BCUT2D eigenvalue weighted by Gasteiger charge is -2.30. The molecule has 1 aliphatic heterocycles. The van der Waals surface area contributed by atoms with Crippen LogP contribution in [0, 0.1) is 0 Å². The van der Waals surface area contributed by atoms with Crippen molar-refractivity contribution in [2.45, 2.75) is 64.6 Å². The molecule has 1 aliphatic rings. The quantitative estimate of drug-likeness (QED) is 0.753. The van der Waals surface area contributed by atoms with E-state index in [9.17, 15) is 4.79 Å². The third-order valence-electron chi connectivity index (χ3n) is 3.63. The monoisotopic (exact) mass is 255 g/mol. The second kappa shape index (κ2) is 7.74. The molecular formula is C14H29N3O. The van der Waals surface area contributed by atoms with Gasteiger partial charge in [0.2, 0.25) is 5.91 Å². The average molecular weight is 255 g/mol. The fraction of sp³-hybridized carbons (Fsp3) is 0.929. The smallest absolute Gasteiger partial charge is 0.234 e. The summed E-state index contributed by atoms with van der Waals surface area (Å²) in [6.07, 6.45) is 5.04. The summed E-state index contributed by atoms with van der Waals surface area (Å²) in [6, 6.07) is 1.30. The number of rotatable bonds is 6. The predicted molar refractivity (Wildman–Crippen MR) is 75.6 cm³/mol. The molecule has 1 saturated heterocycles. The van der Waals surface area contributed by atoms with Crippen molar-refractivity contribution in [1.82, 2.24) is 15.5 Å². The molecule has 106 valence electrons. The Hall–Kier alpha value is -0.610. The van der Waals surface area contributed by atoms with Crippen LogP contribution >= 0.6 is 0 Å². The molecule has 0 saturated carbocycles. The number of amides is 1. The Morgan fingerprint density at radius 3 is 2.67 bits per heavy atom. The fourth-order valence-corrected chi connectivity index (χ4v) is 2.47. The van der Waals surface area contributed by atoms with Gasteiger partial charge >= 0.3 is 0 Å². The molecule has 0 radical (unpaired) electrons. The highest BCUT2D eigenvalue weighted by Gasteiger charge is 2.19. The number of carbonyl (C=O) groups excluding carboxylic acids is 1. The van der Waals surface area contributed by atoms with Gasteiger partial charge in [-0.2, -0.15) is 0 Å². The van der Waals surface area contributed by atoms with Crippen molar-refractivity contribution in [2.24, 2.45) is 0 Å². The maximum absolute atomic E-state index is 11.7. The third kappa shape index (κ3) is 5.83. The van der Waals surface area contributed by atoms with E-state index in [0.717, 1.165) is 13.0 Å². The standard InChI is InChI=1S/C14H29N3O/c1-11(2)16-14(18)10-17(4)12(3)9-13-7-5-6-8-15-13/h11-13,15H,5-10H2,1-4H3,(H,16,18). The molecule has 0 aliphatic carbocycles. The number of nitrogens with one attached hydrogen (secondary N) is 2. The molecule has 2 atom stereocenters. The van der Waals surface area contributed by atoms with Gasteiger partial charge in [0, 0.05) is 18.1 Å². The highest BCUT2D eigenvalue weighted by atomic mass is 16.2. The van der Waals surface area contributed by atoms with Gasteiger partial charge in [-0.05, 0) is 53.6 Å². The first kappa shape index (κ1) is 15.4. The summed E-state index contributed by atoms with van der Waals surface area (Å²) in [5, 5.41) is 6.50. The minimum absolute atomic E-state index is 0.121. The highest BCUT2D eigenvalue weighted by molar-refractivity contribution is 5.78. The van der Waals surface area contributed by atoms with E-state index in [4.69, 9.17) is 0 Å². The first-order valence-corrected chi connectivity index (χ1v) is 7.22. The molecule has 0 aromatic rings. The molecule has 4 nitrogen and oxygen atoms in total. The molecule has 2 N–H and O–H groups in total. The number of carbonyl (C=O) groups is 1. The maximum Gasteiger partial charge on any atom is 0.234 e. The summed E-state index contributed by atoms with van der Waals surface area (Å²) in [5.74, 6) is 0.121. The van der Waals surface area contributed by atoms with Gasteiger partial charge in [0.1, 0.15) is 0 Å². The number of nitrogens with zero attached hydrogens (tertiary/aromatic N) is 1. The molecule has 0 spiro atoms. The molecule has 0 aromatic carbocycles. The molecule has 2 unspecified atom stereocenters. The Balaban J connectivity index is 2.26. The van der Waals surface area contributed by atoms with E-state index in [2.05, 4.69) is 22.5 Å². The van der Waals surface area contributed by atoms with Crippen molar-refractivity contribution in [3.63, 3.8) is 0 Å². The van der Waals surface area contributed by atoms with Crippen LogP contribution in [0.5, 0.6) is 0 Å². The van der Waals surface area contributed by atoms with Crippen molar-refractivity contribution < 1.29 is 4.79 Å². The Kier molecular flexibility index (Phi) is 6.65. The van der Waals surface area contributed by atoms with Gasteiger partial charge in [-0.15, -0.1) is 0 Å². The van der Waals surface area contributed by atoms with E-state index < -0.39 is 0 Å². The molecular weight excluding hydrogens is 226 g/mol. The zero-order valence-corrected chi connectivity index (χ0v) is 12.3. The zero-order chi connectivity index (χ0) is 13.5. The van der Waals surface area contributed by atoms with E-state index in [1.807, 2.05) is 20.9 Å². The Bertz CT molecular complexity index is 249. The van der Waals surface area contributed by atoms with Crippen molar-refractivity contribution >= 4 is 5.91 Å². The summed E-state index contributed by atoms with van der Waals surface area (Å²) in [6.45, 7) is 7.83. The summed E-state index contributed by atoms with van der Waals surface area (Å²) in [5.41, 5.74) is 0. The minimum atomic E-state index is 0.121. The summed E-state index contributed by atoms with van der Waals surface area (Å²) in [4.78, 5) is 13.8. The predicted octanol–water partition coefficient (Wildman–Crippen LogP) is 1.36. The third-order valence-corrected chi connectivity index (χ3v) is 3.63. The SMILES string of the molecule is CC(C)NC(=O)CN(C)C(C)CC1CCCCN1. The van der Waals surface area contributed by atoms with Gasteiger partial charge < -0.3 is 10.6 Å². The summed E-state index contributed by atoms with van der Waals surface area (Å²) < 4.78 is 0. The van der Waals surface area contributed by atoms with E-state index >= 15 is 0 Å². The zero-order valence-electron chi connectivity index (χ0n) is 12.3. The second-order valence-electron chi connectivity index (χ2n) is 5.87. The second-order valence-corrected chi connectivity index (χ2v) is 5.87. The summed E-state index contributed by atoms with van der Waals surface area (Å²) in [7, 11) is 2.04. The van der Waals surface area contributed by atoms with Crippen LogP contribution in [0.25, 0.3) is 0 Å². The van der Waals surface area contributed by atoms with Gasteiger partial charge in [-0.25, -0.2) is 0 Å². The molecule has 0 bridgehead atoms. The molecule has 1 rings (SSSR count). The van der Waals surface area contributed by atoms with Gasteiger partial charge in [0.25, 0.3) is 0 Å². The lowest BCUT2D eigenvalue weighted by molar-refractivity contribution is -0.122. The fourth-order valence-electron chi connectivity index (χ4n) is 2.47. The molecule has 18 heavy (non-hydrogen) atoms. The number of hydrogen-bond donors (Lipinski definition) is 2. The largest absolute Gasteiger partial charge is 0.353 e. The van der Waals surface area contributed by atoms with E-state index in [1.54, 1.807) is 0 Å². The van der Waals surface area contributed by atoms with Crippen molar-refractivity contribution in [1.29, 1.82) is 0 Å². The van der Waals surface area contributed by atoms with Gasteiger partial charge in [0.05, 0.1) is 6.54 Å².